The van der Waals surface area contributed by atoms with Crippen LogP contribution in [0, 0.1) is 0 Å². The lowest BCUT2D eigenvalue weighted by Gasteiger charge is -2.37. The quantitative estimate of drug-likeness (QED) is 0.665. The molecule has 0 aromatic heterocycles. The fourth-order valence-corrected chi connectivity index (χ4v) is 4.07. The van der Waals surface area contributed by atoms with Gasteiger partial charge >= 0.3 is 0 Å². The number of carbonyl (C=O) groups is 2. The molecular weight excluding hydrogens is 339 g/mol. The Hall–Kier alpha value is -2.60. The van der Waals surface area contributed by atoms with Gasteiger partial charge in [0.25, 0.3) is 5.91 Å². The Morgan fingerprint density at radius 1 is 1.22 bits per heavy atom. The van der Waals surface area contributed by atoms with Crippen molar-refractivity contribution < 1.29 is 14.3 Å². The minimum atomic E-state index is -0.233. The van der Waals surface area contributed by atoms with Crippen molar-refractivity contribution in [3.05, 3.63) is 64.7 Å². The molecule has 0 unspecified atom stereocenters. The van der Waals surface area contributed by atoms with Gasteiger partial charge in [0.1, 0.15) is 5.75 Å². The predicted molar refractivity (Wildman–Crippen MR) is 106 cm³/mol. The van der Waals surface area contributed by atoms with Gasteiger partial charge in [-0.2, -0.15) is 0 Å². The van der Waals surface area contributed by atoms with Gasteiger partial charge in [0.15, 0.2) is 14.3 Å². The summed E-state index contributed by atoms with van der Waals surface area (Å²) in [5.41, 5.74) is 3.24. The molecular formula is C21H23BN2O3. The number of hydrogen-bond acceptors (Lipinski definition) is 4. The number of amides is 1. The van der Waals surface area contributed by atoms with Crippen molar-refractivity contribution in [3.8, 4) is 5.75 Å². The van der Waals surface area contributed by atoms with Gasteiger partial charge in [0.05, 0.1) is 6.61 Å². The number of ether oxygens (including phenoxy) is 1. The Labute approximate surface area is 160 Å². The monoisotopic (exact) mass is 362 g/mol. The fraction of sp³-hybridized carbons (Fsp3) is 0.333. The van der Waals surface area contributed by atoms with E-state index in [-0.39, 0.29) is 11.3 Å². The fourth-order valence-electron chi connectivity index (χ4n) is 4.07. The molecule has 1 spiro atoms. The summed E-state index contributed by atoms with van der Waals surface area (Å²) in [7, 11) is 2.16. The van der Waals surface area contributed by atoms with E-state index in [9.17, 15) is 9.59 Å². The standard InChI is InChI=1S/C21H23BN2O3/c22-24-9-7-21(8-10-24)14-27-19-6-5-15(11-18(19)21)12-23-20(26)17-4-2-1-3-16(17)13-25/h1-6,11,13H,7-10,12,14,22H2,(H,23,26). The molecule has 138 valence electrons. The first-order valence-electron chi connectivity index (χ1n) is 9.38. The highest BCUT2D eigenvalue weighted by Gasteiger charge is 2.42. The second kappa shape index (κ2) is 7.20. The smallest absolute Gasteiger partial charge is 0.252 e. The van der Waals surface area contributed by atoms with Crippen LogP contribution >= 0.6 is 0 Å². The number of nitrogens with one attached hydrogen (secondary N) is 1. The second-order valence-electron chi connectivity index (χ2n) is 7.59. The molecule has 0 atom stereocenters. The largest absolute Gasteiger partial charge is 0.492 e. The van der Waals surface area contributed by atoms with Crippen LogP contribution in [0.3, 0.4) is 0 Å². The highest BCUT2D eigenvalue weighted by Crippen LogP contribution is 2.45. The summed E-state index contributed by atoms with van der Waals surface area (Å²) in [6, 6.07) is 13.0. The van der Waals surface area contributed by atoms with Crippen LogP contribution in [0.2, 0.25) is 0 Å². The molecule has 0 radical (unpaired) electrons. The van der Waals surface area contributed by atoms with Gasteiger partial charge < -0.3 is 14.9 Å². The lowest BCUT2D eigenvalue weighted by molar-refractivity contribution is 0.0945. The summed E-state index contributed by atoms with van der Waals surface area (Å²) in [6.45, 7) is 3.33. The number of fused-ring (bicyclic) bond motifs is 2. The Balaban J connectivity index is 1.50. The second-order valence-corrected chi connectivity index (χ2v) is 7.59. The molecule has 4 rings (SSSR count). The third-order valence-corrected chi connectivity index (χ3v) is 5.85. The summed E-state index contributed by atoms with van der Waals surface area (Å²) in [5.74, 6) is 0.740. The summed E-state index contributed by atoms with van der Waals surface area (Å²) in [6.07, 6.45) is 2.91. The van der Waals surface area contributed by atoms with E-state index in [0.29, 0.717) is 24.0 Å². The molecule has 1 saturated heterocycles. The molecule has 2 heterocycles. The number of piperidine rings is 1. The number of aldehydes is 1. The Kier molecular flexibility index (Phi) is 4.74. The van der Waals surface area contributed by atoms with Crippen molar-refractivity contribution in [1.82, 2.24) is 10.1 Å². The number of nitrogens with zero attached hydrogens (tertiary/aromatic N) is 1. The molecule has 2 aliphatic rings. The van der Waals surface area contributed by atoms with Gasteiger partial charge in [-0.15, -0.1) is 0 Å². The Bertz CT molecular complexity index is 875. The maximum absolute atomic E-state index is 12.5. The molecule has 6 heteroatoms. The normalized spacial score (nSPS) is 17.9. The van der Waals surface area contributed by atoms with Crippen LogP contribution in [0.15, 0.2) is 42.5 Å². The minimum absolute atomic E-state index is 0.103. The van der Waals surface area contributed by atoms with Crippen LogP contribution < -0.4 is 10.1 Å². The average molecular weight is 362 g/mol. The van der Waals surface area contributed by atoms with E-state index in [1.807, 2.05) is 12.1 Å². The first-order valence-corrected chi connectivity index (χ1v) is 9.38. The Morgan fingerprint density at radius 2 is 2.00 bits per heavy atom. The minimum Gasteiger partial charge on any atom is -0.492 e. The van der Waals surface area contributed by atoms with Crippen LogP contribution in [-0.2, 0) is 12.0 Å². The molecule has 0 aliphatic carbocycles. The third-order valence-electron chi connectivity index (χ3n) is 5.85. The van der Waals surface area contributed by atoms with Crippen molar-refractivity contribution in [2.24, 2.45) is 0 Å². The van der Waals surface area contributed by atoms with E-state index < -0.39 is 0 Å². The third kappa shape index (κ3) is 3.37. The average Bonchev–Trinajstić information content (AvgIpc) is 3.06. The van der Waals surface area contributed by atoms with Gasteiger partial charge in [-0.05, 0) is 49.7 Å². The zero-order valence-corrected chi connectivity index (χ0v) is 15.5. The highest BCUT2D eigenvalue weighted by molar-refractivity contribution is 6.04. The number of hydrogen-bond donors (Lipinski definition) is 1. The van der Waals surface area contributed by atoms with Crippen LogP contribution in [0.5, 0.6) is 5.75 Å². The van der Waals surface area contributed by atoms with E-state index >= 15 is 0 Å². The SMILES string of the molecule is BN1CCC2(CC1)COc1ccc(CNC(=O)c3ccccc3C=O)cc12. The molecule has 2 aromatic rings. The first-order chi connectivity index (χ1) is 13.1. The van der Waals surface area contributed by atoms with Gasteiger partial charge in [-0.1, -0.05) is 24.3 Å². The maximum Gasteiger partial charge on any atom is 0.252 e. The van der Waals surface area contributed by atoms with E-state index in [4.69, 9.17) is 4.74 Å². The first kappa shape index (κ1) is 17.8. The molecule has 0 saturated carbocycles. The molecule has 1 fully saturated rings. The number of benzene rings is 2. The topological polar surface area (TPSA) is 58.6 Å². The van der Waals surface area contributed by atoms with Crippen molar-refractivity contribution in [3.63, 3.8) is 0 Å². The van der Waals surface area contributed by atoms with Crippen molar-refractivity contribution >= 4 is 20.2 Å². The zero-order valence-electron chi connectivity index (χ0n) is 15.5. The van der Waals surface area contributed by atoms with Crippen molar-refractivity contribution in [2.45, 2.75) is 24.8 Å². The summed E-state index contributed by atoms with van der Waals surface area (Å²) >= 11 is 0. The highest BCUT2D eigenvalue weighted by atomic mass is 16.5. The van der Waals surface area contributed by atoms with Gasteiger partial charge in [-0.25, -0.2) is 0 Å². The number of rotatable bonds is 4. The lowest BCUT2D eigenvalue weighted by atomic mass is 9.73. The van der Waals surface area contributed by atoms with E-state index in [1.165, 1.54) is 5.56 Å². The van der Waals surface area contributed by atoms with Gasteiger partial charge in [0, 0.05) is 28.7 Å². The zero-order chi connectivity index (χ0) is 18.9. The molecule has 2 aromatic carbocycles. The molecule has 1 N–H and O–H groups in total. The summed E-state index contributed by atoms with van der Waals surface area (Å²) in [4.78, 5) is 26.0. The molecule has 5 nitrogen and oxygen atoms in total. The summed E-state index contributed by atoms with van der Waals surface area (Å²) < 4.78 is 5.96. The maximum atomic E-state index is 12.5. The van der Waals surface area contributed by atoms with Gasteiger partial charge in [-0.3, -0.25) is 9.59 Å². The summed E-state index contributed by atoms with van der Waals surface area (Å²) in [5, 5.41) is 2.93. The van der Waals surface area contributed by atoms with Crippen LogP contribution in [0.4, 0.5) is 0 Å². The van der Waals surface area contributed by atoms with Crippen LogP contribution in [-0.4, -0.2) is 44.7 Å². The van der Waals surface area contributed by atoms with Crippen LogP contribution in [0.25, 0.3) is 0 Å². The lowest BCUT2D eigenvalue weighted by Crippen LogP contribution is -2.42. The van der Waals surface area contributed by atoms with Gasteiger partial charge in [0.2, 0.25) is 0 Å². The molecule has 0 bridgehead atoms. The van der Waals surface area contributed by atoms with E-state index in [0.717, 1.165) is 43.9 Å². The van der Waals surface area contributed by atoms with Crippen LogP contribution in [0.1, 0.15) is 44.7 Å². The number of carbonyl (C=O) groups excluding carboxylic acids is 2. The van der Waals surface area contributed by atoms with Crippen molar-refractivity contribution in [2.75, 3.05) is 19.7 Å². The van der Waals surface area contributed by atoms with E-state index in [2.05, 4.69) is 24.2 Å². The Morgan fingerprint density at radius 3 is 2.78 bits per heavy atom. The molecule has 27 heavy (non-hydrogen) atoms. The molecule has 2 aliphatic heterocycles. The predicted octanol–water partition coefficient (Wildman–Crippen LogP) is 1.70. The van der Waals surface area contributed by atoms with E-state index in [1.54, 1.807) is 24.3 Å². The van der Waals surface area contributed by atoms with Crippen molar-refractivity contribution in [1.29, 1.82) is 0 Å². The molecule has 1 amide bonds.